The number of hydrogen-bond acceptors (Lipinski definition) is 6. The van der Waals surface area contributed by atoms with Crippen molar-refractivity contribution in [2.75, 3.05) is 0 Å². The highest BCUT2D eigenvalue weighted by Gasteiger charge is 2.15. The molecule has 0 saturated heterocycles. The lowest BCUT2D eigenvalue weighted by Crippen LogP contribution is -2.31. The molecule has 0 aliphatic rings. The molecule has 140 valence electrons. The molecule has 4 aromatic rings. The largest absolute Gasteiger partial charge is 0.350 e. The smallest absolute Gasteiger partial charge is 0.273 e. The van der Waals surface area contributed by atoms with Crippen molar-refractivity contribution in [1.29, 1.82) is 0 Å². The molecule has 0 unspecified atom stereocenters. The van der Waals surface area contributed by atoms with E-state index in [0.717, 1.165) is 28.2 Å². The van der Waals surface area contributed by atoms with Crippen molar-refractivity contribution in [2.45, 2.75) is 20.0 Å². The fraction of sp³-hybridized carbons (Fsp3) is 0.150. The molecule has 0 radical (unpaired) electrons. The van der Waals surface area contributed by atoms with E-state index in [9.17, 15) is 9.59 Å². The lowest BCUT2D eigenvalue weighted by Gasteiger charge is -2.07. The number of hydrogen-bond donors (Lipinski definition) is 1. The third kappa shape index (κ3) is 3.67. The fourth-order valence-electron chi connectivity index (χ4n) is 2.78. The van der Waals surface area contributed by atoms with Crippen LogP contribution in [0.2, 0.25) is 0 Å². The van der Waals surface area contributed by atoms with Crippen LogP contribution < -0.4 is 10.9 Å². The van der Waals surface area contributed by atoms with Gasteiger partial charge >= 0.3 is 0 Å². The molecule has 1 N–H and O–H groups in total. The minimum atomic E-state index is -0.270. The minimum absolute atomic E-state index is 0.0872. The summed E-state index contributed by atoms with van der Waals surface area (Å²) in [6, 6.07) is 11.6. The maximum atomic E-state index is 12.7. The first-order valence-electron chi connectivity index (χ1n) is 8.69. The second-order valence-corrected chi connectivity index (χ2v) is 7.16. The number of carbonyl (C=O) groups is 1. The quantitative estimate of drug-likeness (QED) is 0.565. The summed E-state index contributed by atoms with van der Waals surface area (Å²) in [5, 5.41) is 2.83. The lowest BCUT2D eigenvalue weighted by molar-refractivity contribution is -0.121. The van der Waals surface area contributed by atoms with Gasteiger partial charge in [-0.2, -0.15) is 4.37 Å². The summed E-state index contributed by atoms with van der Waals surface area (Å²) in [7, 11) is 0. The molecule has 0 atom stereocenters. The Kier molecular flexibility index (Phi) is 4.94. The first-order chi connectivity index (χ1) is 13.6. The highest BCUT2D eigenvalue weighted by Crippen LogP contribution is 2.26. The Morgan fingerprint density at radius 3 is 2.64 bits per heavy atom. The molecule has 7 nitrogen and oxygen atoms in total. The average molecular weight is 391 g/mol. The van der Waals surface area contributed by atoms with Crippen molar-refractivity contribution in [3.63, 3.8) is 0 Å². The van der Waals surface area contributed by atoms with Crippen LogP contribution in [0.3, 0.4) is 0 Å². The molecule has 1 amide bonds. The van der Waals surface area contributed by atoms with Crippen LogP contribution in [0.25, 0.3) is 21.5 Å². The molecule has 0 aliphatic heterocycles. The standard InChI is InChI=1S/C20H17N5O2S/c1-13-2-4-14(5-3-13)10-22-16(26)11-25-12-23-18-17(15-6-8-21-9-7-15)24-28-19(18)20(25)27/h2-9,12H,10-11H2,1H3,(H,22,26). The minimum Gasteiger partial charge on any atom is -0.350 e. The van der Waals surface area contributed by atoms with Crippen LogP contribution >= 0.6 is 11.5 Å². The first-order valence-corrected chi connectivity index (χ1v) is 9.46. The summed E-state index contributed by atoms with van der Waals surface area (Å²) in [6.45, 7) is 2.34. The van der Waals surface area contributed by atoms with Crippen molar-refractivity contribution in [1.82, 2.24) is 24.2 Å². The molecule has 4 rings (SSSR count). The van der Waals surface area contributed by atoms with Gasteiger partial charge in [0.2, 0.25) is 5.91 Å². The number of nitrogens with one attached hydrogen (secondary N) is 1. The molecular formula is C20H17N5O2S. The monoisotopic (exact) mass is 391 g/mol. The molecular weight excluding hydrogens is 374 g/mol. The molecule has 8 heteroatoms. The van der Waals surface area contributed by atoms with Crippen molar-refractivity contribution >= 4 is 27.7 Å². The molecule has 28 heavy (non-hydrogen) atoms. The number of amides is 1. The van der Waals surface area contributed by atoms with Gasteiger partial charge in [0, 0.05) is 24.5 Å². The molecule has 0 saturated carbocycles. The number of pyridine rings is 1. The topological polar surface area (TPSA) is 89.8 Å². The fourth-order valence-corrected chi connectivity index (χ4v) is 3.59. The van der Waals surface area contributed by atoms with Gasteiger partial charge in [-0.25, -0.2) is 4.98 Å². The van der Waals surface area contributed by atoms with E-state index in [-0.39, 0.29) is 18.0 Å². The summed E-state index contributed by atoms with van der Waals surface area (Å²) < 4.78 is 6.11. The molecule has 0 bridgehead atoms. The maximum absolute atomic E-state index is 12.7. The predicted molar refractivity (Wildman–Crippen MR) is 108 cm³/mol. The lowest BCUT2D eigenvalue weighted by atomic mass is 10.1. The molecule has 1 aromatic carbocycles. The van der Waals surface area contributed by atoms with E-state index >= 15 is 0 Å². The molecule has 0 aliphatic carbocycles. The Labute approximate surface area is 164 Å². The van der Waals surface area contributed by atoms with Gasteiger partial charge in [-0.3, -0.25) is 19.1 Å². The van der Waals surface area contributed by atoms with E-state index in [1.165, 1.54) is 10.9 Å². The number of aromatic nitrogens is 4. The SMILES string of the molecule is Cc1ccc(CNC(=O)Cn2cnc3c(-c4ccncc4)nsc3c2=O)cc1. The van der Waals surface area contributed by atoms with Gasteiger partial charge in [0.15, 0.2) is 0 Å². The van der Waals surface area contributed by atoms with Crippen LogP contribution in [-0.4, -0.2) is 24.8 Å². The van der Waals surface area contributed by atoms with E-state index in [4.69, 9.17) is 0 Å². The van der Waals surface area contributed by atoms with E-state index in [0.29, 0.717) is 22.5 Å². The summed E-state index contributed by atoms with van der Waals surface area (Å²) in [5.41, 5.74) is 3.93. The van der Waals surface area contributed by atoms with Crippen LogP contribution in [0.4, 0.5) is 0 Å². The predicted octanol–water partition coefficient (Wildman–Crippen LogP) is 2.54. The molecule has 0 fully saturated rings. The number of rotatable bonds is 5. The zero-order valence-corrected chi connectivity index (χ0v) is 15.9. The van der Waals surface area contributed by atoms with Gasteiger partial charge in [-0.05, 0) is 36.2 Å². The van der Waals surface area contributed by atoms with Crippen LogP contribution in [0.5, 0.6) is 0 Å². The molecule has 0 spiro atoms. The zero-order valence-electron chi connectivity index (χ0n) is 15.1. The Morgan fingerprint density at radius 1 is 1.14 bits per heavy atom. The normalized spacial score (nSPS) is 10.9. The Bertz CT molecular complexity index is 1180. The molecule has 3 aromatic heterocycles. The second kappa shape index (κ2) is 7.69. The van der Waals surface area contributed by atoms with E-state index in [1.807, 2.05) is 43.3 Å². The average Bonchev–Trinajstić information content (AvgIpc) is 3.15. The van der Waals surface area contributed by atoms with Crippen molar-refractivity contribution in [2.24, 2.45) is 0 Å². The summed E-state index contributed by atoms with van der Waals surface area (Å²) in [6.07, 6.45) is 4.73. The van der Waals surface area contributed by atoms with Crippen molar-refractivity contribution in [3.05, 3.63) is 76.6 Å². The van der Waals surface area contributed by atoms with Gasteiger partial charge < -0.3 is 5.32 Å². The van der Waals surface area contributed by atoms with Crippen LogP contribution in [-0.2, 0) is 17.9 Å². The van der Waals surface area contributed by atoms with Gasteiger partial charge in [0.05, 0.1) is 6.33 Å². The summed E-state index contributed by atoms with van der Waals surface area (Å²) in [4.78, 5) is 33.3. The Morgan fingerprint density at radius 2 is 1.89 bits per heavy atom. The van der Waals surface area contributed by atoms with Crippen molar-refractivity contribution < 1.29 is 4.79 Å². The van der Waals surface area contributed by atoms with E-state index in [2.05, 4.69) is 19.7 Å². The van der Waals surface area contributed by atoms with Gasteiger partial charge in [0.25, 0.3) is 5.56 Å². The second-order valence-electron chi connectivity index (χ2n) is 6.38. The number of nitrogens with zero attached hydrogens (tertiary/aromatic N) is 4. The number of benzene rings is 1. The number of aryl methyl sites for hydroxylation is 1. The van der Waals surface area contributed by atoms with Crippen LogP contribution in [0.1, 0.15) is 11.1 Å². The van der Waals surface area contributed by atoms with E-state index in [1.54, 1.807) is 12.4 Å². The highest BCUT2D eigenvalue weighted by atomic mass is 32.1. The van der Waals surface area contributed by atoms with Crippen LogP contribution in [0, 0.1) is 6.92 Å². The third-order valence-electron chi connectivity index (χ3n) is 4.33. The third-order valence-corrected chi connectivity index (χ3v) is 5.15. The Balaban J connectivity index is 1.51. The van der Waals surface area contributed by atoms with Gasteiger partial charge in [-0.1, -0.05) is 29.8 Å². The molecule has 3 heterocycles. The van der Waals surface area contributed by atoms with Crippen LogP contribution in [0.15, 0.2) is 59.9 Å². The summed E-state index contributed by atoms with van der Waals surface area (Å²) in [5.74, 6) is -0.248. The Hall–Kier alpha value is -3.39. The summed E-state index contributed by atoms with van der Waals surface area (Å²) >= 11 is 1.09. The highest BCUT2D eigenvalue weighted by molar-refractivity contribution is 7.13. The first kappa shape index (κ1) is 18.0. The number of fused-ring (bicyclic) bond motifs is 1. The van der Waals surface area contributed by atoms with Crippen molar-refractivity contribution in [3.8, 4) is 11.3 Å². The van der Waals surface area contributed by atoms with E-state index < -0.39 is 0 Å². The zero-order chi connectivity index (χ0) is 19.5. The number of carbonyl (C=O) groups excluding carboxylic acids is 1. The maximum Gasteiger partial charge on any atom is 0.273 e. The van der Waals surface area contributed by atoms with Gasteiger partial charge in [0.1, 0.15) is 22.5 Å². The van der Waals surface area contributed by atoms with Gasteiger partial charge in [-0.15, -0.1) is 0 Å².